The monoisotopic (exact) mass is 1250 g/mol. The second kappa shape index (κ2) is 30.3. The highest BCUT2D eigenvalue weighted by atomic mass is 32.3. The van der Waals surface area contributed by atoms with Gasteiger partial charge in [0, 0.05) is 30.4 Å². The minimum atomic E-state index is 0.136. The van der Waals surface area contributed by atoms with Crippen LogP contribution in [0.4, 0.5) is 0 Å². The molecule has 0 aromatic heterocycles. The zero-order chi connectivity index (χ0) is 56.2. The lowest BCUT2D eigenvalue weighted by Crippen LogP contribution is -2.06. The summed E-state index contributed by atoms with van der Waals surface area (Å²) in [6.45, 7) is 23.2. The van der Waals surface area contributed by atoms with Crippen molar-refractivity contribution in [1.82, 2.24) is 0 Å². The predicted octanol–water partition coefficient (Wildman–Crippen LogP) is 26.7. The van der Waals surface area contributed by atoms with Gasteiger partial charge in [-0.2, -0.15) is 0 Å². The molecule has 0 spiro atoms. The van der Waals surface area contributed by atoms with Gasteiger partial charge in [-0.15, -0.1) is 70.6 Å². The first-order chi connectivity index (χ1) is 38.7. The van der Waals surface area contributed by atoms with E-state index in [-0.39, 0.29) is 9.49 Å². The molecule has 0 N–H and O–H groups in total. The SMILES string of the molecule is CCCCCCSC1=C(SCCCCCC)SC(=C2c3cc(-c4cccc(SC(C)(C)C)c4)ccc3-c3cc4c(cc32)-c2ccc(-c3cccc(SC(C)(C)C)c3)cc2C4=C2SC(SCCCCCC)=C(SCCCCCC)S2)S1. The van der Waals surface area contributed by atoms with Crippen LogP contribution in [0.5, 0.6) is 0 Å². The zero-order valence-corrected chi connectivity index (χ0v) is 57.6. The second-order valence-corrected chi connectivity index (χ2v) is 37.3. The fourth-order valence-electron chi connectivity index (χ4n) is 10.6. The summed E-state index contributed by atoms with van der Waals surface area (Å²) in [6, 6.07) is 38.8. The van der Waals surface area contributed by atoms with Gasteiger partial charge in [-0.3, -0.25) is 0 Å². The van der Waals surface area contributed by atoms with Crippen LogP contribution in [0, 0.1) is 0 Å². The molecule has 426 valence electrons. The number of rotatable bonds is 28. The highest BCUT2D eigenvalue weighted by Gasteiger charge is 2.38. The molecule has 0 bridgehead atoms. The summed E-state index contributed by atoms with van der Waals surface area (Å²) < 4.78 is 9.31. The summed E-state index contributed by atoms with van der Waals surface area (Å²) in [6.07, 6.45) is 20.8. The summed E-state index contributed by atoms with van der Waals surface area (Å²) in [5, 5.41) is 0. The molecule has 0 unspecified atom stereocenters. The molecule has 2 heterocycles. The van der Waals surface area contributed by atoms with Gasteiger partial charge in [0.1, 0.15) is 0 Å². The van der Waals surface area contributed by atoms with Crippen LogP contribution in [0.25, 0.3) is 55.7 Å². The third-order valence-electron chi connectivity index (χ3n) is 14.4. The van der Waals surface area contributed by atoms with Crippen molar-refractivity contribution in [2.75, 3.05) is 23.0 Å². The predicted molar refractivity (Wildman–Crippen MR) is 382 cm³/mol. The number of hydrogen-bond donors (Lipinski definition) is 0. The Morgan fingerprint density at radius 1 is 0.312 bits per heavy atom. The van der Waals surface area contributed by atoms with Crippen molar-refractivity contribution in [3.8, 4) is 44.5 Å². The van der Waals surface area contributed by atoms with E-state index in [0.717, 1.165) is 0 Å². The van der Waals surface area contributed by atoms with Crippen molar-refractivity contribution in [3.05, 3.63) is 145 Å². The fraction of sp³-hybridized carbons (Fsp3) is 0.457. The highest BCUT2D eigenvalue weighted by molar-refractivity contribution is 8.41. The molecule has 2 aliphatic heterocycles. The van der Waals surface area contributed by atoms with Gasteiger partial charge >= 0.3 is 0 Å². The lowest BCUT2D eigenvalue weighted by Gasteiger charge is -2.18. The third-order valence-corrected chi connectivity index (χ3v) is 28.0. The molecule has 9 rings (SSSR count). The van der Waals surface area contributed by atoms with Crippen molar-refractivity contribution in [2.45, 2.75) is 191 Å². The van der Waals surface area contributed by atoms with E-state index in [1.807, 2.05) is 23.5 Å². The van der Waals surface area contributed by atoms with Crippen LogP contribution in [0.2, 0.25) is 0 Å². The van der Waals surface area contributed by atoms with Gasteiger partial charge in [-0.05, 0) is 164 Å². The minimum Gasteiger partial charge on any atom is -0.120 e. The molecule has 0 saturated carbocycles. The highest BCUT2D eigenvalue weighted by Crippen LogP contribution is 2.66. The quantitative estimate of drug-likeness (QED) is 0.0342. The molecule has 0 fully saturated rings. The van der Waals surface area contributed by atoms with Crippen LogP contribution in [0.3, 0.4) is 0 Å². The topological polar surface area (TPSA) is 0 Å². The second-order valence-electron chi connectivity index (χ2n) is 23.5. The zero-order valence-electron chi connectivity index (χ0n) is 49.5. The molecule has 0 atom stereocenters. The average Bonchev–Trinajstić information content (AvgIpc) is 4.38. The van der Waals surface area contributed by atoms with E-state index < -0.39 is 0 Å². The van der Waals surface area contributed by atoms with Gasteiger partial charge in [0.2, 0.25) is 0 Å². The lowest BCUT2D eigenvalue weighted by molar-refractivity contribution is 0.707. The van der Waals surface area contributed by atoms with E-state index in [1.54, 1.807) is 0 Å². The molecule has 5 aromatic rings. The Morgan fingerprint density at radius 3 is 0.938 bits per heavy atom. The van der Waals surface area contributed by atoms with E-state index >= 15 is 0 Å². The van der Waals surface area contributed by atoms with E-state index in [4.69, 9.17) is 0 Å². The van der Waals surface area contributed by atoms with E-state index in [2.05, 4.69) is 260 Å². The van der Waals surface area contributed by atoms with Gasteiger partial charge in [0.05, 0.1) is 25.4 Å². The Bertz CT molecular complexity index is 2820. The Kier molecular flexibility index (Phi) is 23.9. The average molecular weight is 1250 g/mol. The molecular formula is C70H86S10. The maximum absolute atomic E-state index is 2.65. The number of hydrogen-bond acceptors (Lipinski definition) is 10. The van der Waals surface area contributed by atoms with Crippen LogP contribution in [-0.2, 0) is 0 Å². The molecular weight excluding hydrogens is 1160 g/mol. The number of unbranched alkanes of at least 4 members (excludes halogenated alkanes) is 12. The Labute approximate surface area is 527 Å². The molecule has 0 saturated heterocycles. The maximum atomic E-state index is 2.65. The molecule has 0 nitrogen and oxygen atoms in total. The first-order valence-corrected chi connectivity index (χ1v) is 38.9. The van der Waals surface area contributed by atoms with Crippen molar-refractivity contribution in [3.63, 3.8) is 0 Å². The van der Waals surface area contributed by atoms with Crippen LogP contribution in [0.15, 0.2) is 132 Å². The molecule has 0 radical (unpaired) electrons. The normalized spacial score (nSPS) is 15.0. The van der Waals surface area contributed by atoms with Crippen LogP contribution >= 0.6 is 118 Å². The van der Waals surface area contributed by atoms with Crippen molar-refractivity contribution >= 4 is 129 Å². The van der Waals surface area contributed by atoms with Gasteiger partial charge < -0.3 is 0 Å². The molecule has 5 aromatic carbocycles. The van der Waals surface area contributed by atoms with Crippen LogP contribution in [-0.4, -0.2) is 32.5 Å². The van der Waals surface area contributed by atoms with Gasteiger partial charge in [0.15, 0.2) is 0 Å². The van der Waals surface area contributed by atoms with Crippen molar-refractivity contribution < 1.29 is 0 Å². The largest absolute Gasteiger partial charge is 0.120 e. The van der Waals surface area contributed by atoms with Crippen molar-refractivity contribution in [2.24, 2.45) is 0 Å². The van der Waals surface area contributed by atoms with E-state index in [1.165, 1.54) is 239 Å². The summed E-state index contributed by atoms with van der Waals surface area (Å²) in [4.78, 5) is 2.65. The summed E-state index contributed by atoms with van der Waals surface area (Å²) in [5.41, 5.74) is 19.1. The number of fused-ring (bicyclic) bond motifs is 6. The molecule has 10 heteroatoms. The maximum Gasteiger partial charge on any atom is 0.0660 e. The van der Waals surface area contributed by atoms with Gasteiger partial charge in [-0.25, -0.2) is 0 Å². The van der Waals surface area contributed by atoms with Crippen LogP contribution in [0.1, 0.15) is 194 Å². The Balaban J connectivity index is 1.19. The standard InChI is InChI=1S/C70H86S10/c1-11-15-19-23-37-71-65-66(72-38-24-20-16-12-2)76-63(75-65)61-57-43-49(47-29-27-31-51(41-47)79-69(5,6)7)33-35-53(57)55-46-60-56(45-59(55)61)54-36-34-50(48-30-28-32-52(42-48)80-70(8,9)10)44-58(54)62(60)64-77-67(73-39-25-21-17-13-3)68(78-64)74-40-26-22-18-14-4/h27-36,41-46H,11-26,37-40H2,1-10H3. The third kappa shape index (κ3) is 16.5. The Morgan fingerprint density at radius 2 is 0.625 bits per heavy atom. The number of benzene rings is 5. The summed E-state index contributed by atoms with van der Waals surface area (Å²) in [7, 11) is 0. The molecule has 80 heavy (non-hydrogen) atoms. The fourth-order valence-corrected chi connectivity index (χ4v) is 24.9. The minimum absolute atomic E-state index is 0.136. The van der Waals surface area contributed by atoms with Crippen molar-refractivity contribution in [1.29, 1.82) is 0 Å². The van der Waals surface area contributed by atoms with E-state index in [9.17, 15) is 0 Å². The smallest absolute Gasteiger partial charge is 0.0660 e. The first kappa shape index (κ1) is 63.1. The Hall–Kier alpha value is -1.44. The molecule has 4 aliphatic rings. The lowest BCUT2D eigenvalue weighted by atomic mass is 9.96. The summed E-state index contributed by atoms with van der Waals surface area (Å²) in [5.74, 6) is 4.77. The van der Waals surface area contributed by atoms with Gasteiger partial charge in [-0.1, -0.05) is 242 Å². The number of thioether (sulfide) groups is 10. The van der Waals surface area contributed by atoms with E-state index in [0.29, 0.717) is 0 Å². The summed E-state index contributed by atoms with van der Waals surface area (Å²) >= 11 is 20.8. The van der Waals surface area contributed by atoms with Gasteiger partial charge in [0.25, 0.3) is 0 Å². The van der Waals surface area contributed by atoms with Crippen LogP contribution < -0.4 is 0 Å². The molecule has 2 aliphatic carbocycles. The molecule has 0 amide bonds. The first-order valence-electron chi connectivity index (χ1n) is 30.0.